The van der Waals surface area contributed by atoms with Gasteiger partial charge in [0, 0.05) is 33.3 Å². The van der Waals surface area contributed by atoms with E-state index in [4.69, 9.17) is 14.2 Å². The molecule has 25 heavy (non-hydrogen) atoms. The van der Waals surface area contributed by atoms with Crippen molar-refractivity contribution in [3.63, 3.8) is 0 Å². The molecule has 0 fully saturated rings. The SMILES string of the molecule is CCCCOCCNC(=NC)N1CCc2cc(OC)c(OC)cc2C1. The Morgan fingerprint density at radius 1 is 1.16 bits per heavy atom. The van der Waals surface area contributed by atoms with Crippen LogP contribution in [-0.2, 0) is 17.7 Å². The fourth-order valence-electron chi connectivity index (χ4n) is 2.98. The third kappa shape index (κ3) is 5.26. The Kier molecular flexibility index (Phi) is 7.85. The molecule has 6 heteroatoms. The lowest BCUT2D eigenvalue weighted by atomic mass is 9.99. The van der Waals surface area contributed by atoms with E-state index in [1.165, 1.54) is 11.1 Å². The highest BCUT2D eigenvalue weighted by molar-refractivity contribution is 5.80. The Hall–Kier alpha value is -1.95. The molecule has 1 aliphatic heterocycles. The smallest absolute Gasteiger partial charge is 0.194 e. The van der Waals surface area contributed by atoms with E-state index in [0.717, 1.165) is 63.0 Å². The number of hydrogen-bond donors (Lipinski definition) is 1. The second-order valence-electron chi connectivity index (χ2n) is 6.09. The second kappa shape index (κ2) is 10.1. The fourth-order valence-corrected chi connectivity index (χ4v) is 2.98. The molecule has 1 aromatic rings. The summed E-state index contributed by atoms with van der Waals surface area (Å²) in [5.41, 5.74) is 2.57. The molecule has 0 bridgehead atoms. The summed E-state index contributed by atoms with van der Waals surface area (Å²) in [4.78, 5) is 6.68. The number of nitrogens with zero attached hydrogens (tertiary/aromatic N) is 2. The first kappa shape index (κ1) is 19.4. The van der Waals surface area contributed by atoms with Crippen molar-refractivity contribution in [1.82, 2.24) is 10.2 Å². The number of unbranched alkanes of at least 4 members (excludes halogenated alkanes) is 1. The van der Waals surface area contributed by atoms with Crippen LogP contribution in [0.1, 0.15) is 30.9 Å². The van der Waals surface area contributed by atoms with Gasteiger partial charge in [0.2, 0.25) is 0 Å². The van der Waals surface area contributed by atoms with E-state index in [1.807, 2.05) is 7.05 Å². The maximum absolute atomic E-state index is 5.60. The van der Waals surface area contributed by atoms with Crippen molar-refractivity contribution < 1.29 is 14.2 Å². The molecule has 0 saturated carbocycles. The monoisotopic (exact) mass is 349 g/mol. The summed E-state index contributed by atoms with van der Waals surface area (Å²) >= 11 is 0. The molecule has 0 saturated heterocycles. The zero-order valence-corrected chi connectivity index (χ0v) is 15.9. The molecule has 0 aromatic heterocycles. The van der Waals surface area contributed by atoms with Crippen LogP contribution in [0.25, 0.3) is 0 Å². The summed E-state index contributed by atoms with van der Waals surface area (Å²) in [6, 6.07) is 4.16. The third-order valence-electron chi connectivity index (χ3n) is 4.40. The summed E-state index contributed by atoms with van der Waals surface area (Å²) in [5, 5.41) is 3.39. The number of guanidine groups is 1. The van der Waals surface area contributed by atoms with Crippen molar-refractivity contribution >= 4 is 5.96 Å². The van der Waals surface area contributed by atoms with E-state index in [2.05, 4.69) is 34.3 Å². The van der Waals surface area contributed by atoms with E-state index in [-0.39, 0.29) is 0 Å². The lowest BCUT2D eigenvalue weighted by Gasteiger charge is -2.32. The Morgan fingerprint density at radius 2 is 1.88 bits per heavy atom. The standard InChI is InChI=1S/C19H31N3O3/c1-5-6-10-25-11-8-21-19(20-2)22-9-7-15-12-17(23-3)18(24-4)13-16(15)14-22/h12-13H,5-11,14H2,1-4H3,(H,20,21). The van der Waals surface area contributed by atoms with Gasteiger partial charge in [-0.3, -0.25) is 4.99 Å². The molecule has 0 aliphatic carbocycles. The first-order valence-electron chi connectivity index (χ1n) is 9.00. The van der Waals surface area contributed by atoms with Gasteiger partial charge in [-0.15, -0.1) is 0 Å². The molecule has 0 unspecified atom stereocenters. The molecule has 1 heterocycles. The van der Waals surface area contributed by atoms with Crippen LogP contribution in [0.15, 0.2) is 17.1 Å². The van der Waals surface area contributed by atoms with E-state index in [9.17, 15) is 0 Å². The molecule has 1 N–H and O–H groups in total. The van der Waals surface area contributed by atoms with Gasteiger partial charge in [-0.05, 0) is 36.1 Å². The third-order valence-corrected chi connectivity index (χ3v) is 4.40. The van der Waals surface area contributed by atoms with Gasteiger partial charge in [0.1, 0.15) is 0 Å². The molecule has 0 radical (unpaired) electrons. The Labute approximate surface area is 151 Å². The number of aliphatic imine (C=N–C) groups is 1. The predicted molar refractivity (Wildman–Crippen MR) is 101 cm³/mol. The zero-order chi connectivity index (χ0) is 18.1. The number of rotatable bonds is 8. The molecule has 0 amide bonds. The van der Waals surface area contributed by atoms with Gasteiger partial charge in [-0.25, -0.2) is 0 Å². The van der Waals surface area contributed by atoms with Gasteiger partial charge in [0.25, 0.3) is 0 Å². The number of benzene rings is 1. The quantitative estimate of drug-likeness (QED) is 0.444. The van der Waals surface area contributed by atoms with Crippen LogP contribution in [0.3, 0.4) is 0 Å². The summed E-state index contributed by atoms with van der Waals surface area (Å²) in [6.45, 7) is 6.21. The van der Waals surface area contributed by atoms with Crippen LogP contribution in [-0.4, -0.2) is 58.4 Å². The first-order valence-corrected chi connectivity index (χ1v) is 9.00. The summed E-state index contributed by atoms with van der Waals surface area (Å²) in [5.74, 6) is 2.48. The number of hydrogen-bond acceptors (Lipinski definition) is 4. The van der Waals surface area contributed by atoms with Crippen molar-refractivity contribution in [1.29, 1.82) is 0 Å². The van der Waals surface area contributed by atoms with Gasteiger partial charge >= 0.3 is 0 Å². The van der Waals surface area contributed by atoms with Crippen LogP contribution in [0.4, 0.5) is 0 Å². The number of ether oxygens (including phenoxy) is 3. The van der Waals surface area contributed by atoms with Crippen LogP contribution in [0, 0.1) is 0 Å². The van der Waals surface area contributed by atoms with Crippen LogP contribution < -0.4 is 14.8 Å². The van der Waals surface area contributed by atoms with Gasteiger partial charge in [0.05, 0.1) is 20.8 Å². The Bertz CT molecular complexity index is 575. The number of nitrogens with one attached hydrogen (secondary N) is 1. The van der Waals surface area contributed by atoms with Gasteiger partial charge in [-0.2, -0.15) is 0 Å². The molecular formula is C19H31N3O3. The van der Waals surface area contributed by atoms with E-state index in [0.29, 0.717) is 6.61 Å². The lowest BCUT2D eigenvalue weighted by molar-refractivity contribution is 0.135. The summed E-state index contributed by atoms with van der Waals surface area (Å²) in [6.07, 6.45) is 3.24. The maximum atomic E-state index is 5.60. The zero-order valence-electron chi connectivity index (χ0n) is 15.9. The highest BCUT2D eigenvalue weighted by atomic mass is 16.5. The average Bonchev–Trinajstić information content (AvgIpc) is 2.66. The maximum Gasteiger partial charge on any atom is 0.194 e. The second-order valence-corrected chi connectivity index (χ2v) is 6.09. The van der Waals surface area contributed by atoms with Gasteiger partial charge in [-0.1, -0.05) is 13.3 Å². The highest BCUT2D eigenvalue weighted by Crippen LogP contribution is 2.33. The minimum Gasteiger partial charge on any atom is -0.493 e. The average molecular weight is 349 g/mol. The van der Waals surface area contributed by atoms with E-state index >= 15 is 0 Å². The van der Waals surface area contributed by atoms with Crippen molar-refractivity contribution in [3.05, 3.63) is 23.3 Å². The van der Waals surface area contributed by atoms with Gasteiger partial charge in [0.15, 0.2) is 17.5 Å². The van der Waals surface area contributed by atoms with Crippen LogP contribution >= 0.6 is 0 Å². The molecule has 1 aliphatic rings. The topological polar surface area (TPSA) is 55.3 Å². The highest BCUT2D eigenvalue weighted by Gasteiger charge is 2.21. The van der Waals surface area contributed by atoms with Gasteiger partial charge < -0.3 is 24.4 Å². The minimum absolute atomic E-state index is 0.703. The fraction of sp³-hybridized carbons (Fsp3) is 0.632. The first-order chi connectivity index (χ1) is 12.2. The normalized spacial score (nSPS) is 14.2. The van der Waals surface area contributed by atoms with Crippen molar-refractivity contribution in [2.24, 2.45) is 4.99 Å². The van der Waals surface area contributed by atoms with E-state index in [1.54, 1.807) is 14.2 Å². The van der Waals surface area contributed by atoms with E-state index < -0.39 is 0 Å². The summed E-state index contributed by atoms with van der Waals surface area (Å²) in [7, 11) is 5.17. The molecule has 2 rings (SSSR count). The molecule has 6 nitrogen and oxygen atoms in total. The largest absolute Gasteiger partial charge is 0.493 e. The predicted octanol–water partition coefficient (Wildman–Crippen LogP) is 2.45. The van der Waals surface area contributed by atoms with Crippen molar-refractivity contribution in [2.75, 3.05) is 47.6 Å². The van der Waals surface area contributed by atoms with Crippen LogP contribution in [0.2, 0.25) is 0 Å². The molecule has 1 aromatic carbocycles. The van der Waals surface area contributed by atoms with Crippen molar-refractivity contribution in [3.8, 4) is 11.5 Å². The minimum atomic E-state index is 0.703. The summed E-state index contributed by atoms with van der Waals surface area (Å²) < 4.78 is 16.4. The Balaban J connectivity index is 1.93. The Morgan fingerprint density at radius 3 is 2.52 bits per heavy atom. The lowest BCUT2D eigenvalue weighted by Crippen LogP contribution is -2.45. The van der Waals surface area contributed by atoms with Crippen LogP contribution in [0.5, 0.6) is 11.5 Å². The number of fused-ring (bicyclic) bond motifs is 1. The molecule has 0 spiro atoms. The van der Waals surface area contributed by atoms with Crippen molar-refractivity contribution in [2.45, 2.75) is 32.7 Å². The molecule has 0 atom stereocenters. The molecule has 140 valence electrons. The molecular weight excluding hydrogens is 318 g/mol. The number of methoxy groups -OCH3 is 2.